The molecular weight excluding hydrogens is 232 g/mol. The SMILES string of the molecule is COCCNCc1ncoc1CCc1ccco1. The van der Waals surface area contributed by atoms with Gasteiger partial charge in [0.2, 0.25) is 0 Å². The minimum atomic E-state index is 0.694. The lowest BCUT2D eigenvalue weighted by Gasteiger charge is -2.03. The average Bonchev–Trinajstić information content (AvgIpc) is 3.03. The number of aromatic nitrogens is 1. The summed E-state index contributed by atoms with van der Waals surface area (Å²) in [5.74, 6) is 1.88. The standard InChI is InChI=1S/C13H18N2O3/c1-16-8-6-14-9-12-13(18-10-15-12)5-4-11-3-2-7-17-11/h2-3,7,10,14H,4-6,8-9H2,1H3. The Morgan fingerprint density at radius 1 is 1.33 bits per heavy atom. The van der Waals surface area contributed by atoms with Gasteiger partial charge in [0.15, 0.2) is 6.39 Å². The van der Waals surface area contributed by atoms with E-state index in [1.54, 1.807) is 13.4 Å². The summed E-state index contributed by atoms with van der Waals surface area (Å²) in [6, 6.07) is 3.86. The van der Waals surface area contributed by atoms with Crippen molar-refractivity contribution in [2.75, 3.05) is 20.3 Å². The predicted molar refractivity (Wildman–Crippen MR) is 66.2 cm³/mol. The number of ether oxygens (including phenoxy) is 1. The monoisotopic (exact) mass is 250 g/mol. The lowest BCUT2D eigenvalue weighted by atomic mass is 10.2. The molecule has 0 unspecified atom stereocenters. The third-order valence-electron chi connectivity index (χ3n) is 2.68. The molecule has 2 aromatic heterocycles. The van der Waals surface area contributed by atoms with E-state index in [-0.39, 0.29) is 0 Å². The van der Waals surface area contributed by atoms with Gasteiger partial charge in [-0.2, -0.15) is 0 Å². The van der Waals surface area contributed by atoms with Crippen LogP contribution in [0.15, 0.2) is 33.6 Å². The first kappa shape index (κ1) is 12.9. The maximum Gasteiger partial charge on any atom is 0.181 e. The first-order valence-corrected chi connectivity index (χ1v) is 6.03. The van der Waals surface area contributed by atoms with E-state index >= 15 is 0 Å². The van der Waals surface area contributed by atoms with E-state index in [2.05, 4.69) is 10.3 Å². The lowest BCUT2D eigenvalue weighted by Crippen LogP contribution is -2.19. The summed E-state index contributed by atoms with van der Waals surface area (Å²) in [7, 11) is 1.69. The van der Waals surface area contributed by atoms with Crippen molar-refractivity contribution in [1.29, 1.82) is 0 Å². The maximum atomic E-state index is 5.40. The Morgan fingerprint density at radius 2 is 2.28 bits per heavy atom. The molecule has 0 aliphatic rings. The van der Waals surface area contributed by atoms with Crippen LogP contribution in [0.2, 0.25) is 0 Å². The Bertz CT molecular complexity index is 437. The second-order valence-corrected chi connectivity index (χ2v) is 3.97. The molecule has 0 spiro atoms. The highest BCUT2D eigenvalue weighted by Crippen LogP contribution is 2.11. The van der Waals surface area contributed by atoms with Crippen molar-refractivity contribution >= 4 is 0 Å². The third kappa shape index (κ3) is 3.72. The Balaban J connectivity index is 1.79. The van der Waals surface area contributed by atoms with Gasteiger partial charge in [-0.1, -0.05) is 0 Å². The number of hydrogen-bond acceptors (Lipinski definition) is 5. The number of furan rings is 1. The van der Waals surface area contributed by atoms with E-state index in [1.165, 1.54) is 6.39 Å². The summed E-state index contributed by atoms with van der Waals surface area (Å²) >= 11 is 0. The van der Waals surface area contributed by atoms with Gasteiger partial charge in [-0.25, -0.2) is 4.98 Å². The number of aryl methyl sites for hydroxylation is 2. The molecule has 0 saturated carbocycles. The van der Waals surface area contributed by atoms with Crippen LogP contribution in [0.1, 0.15) is 17.2 Å². The summed E-state index contributed by atoms with van der Waals surface area (Å²) < 4.78 is 15.7. The zero-order valence-corrected chi connectivity index (χ0v) is 10.5. The number of methoxy groups -OCH3 is 1. The minimum Gasteiger partial charge on any atom is -0.469 e. The highest BCUT2D eigenvalue weighted by molar-refractivity contribution is 5.09. The normalized spacial score (nSPS) is 10.9. The van der Waals surface area contributed by atoms with Crippen molar-refractivity contribution in [3.63, 3.8) is 0 Å². The molecule has 2 rings (SSSR count). The number of oxazole rings is 1. The Kier molecular flexibility index (Phi) is 4.99. The number of rotatable bonds is 8. The molecule has 0 aliphatic carbocycles. The van der Waals surface area contributed by atoms with Crippen LogP contribution in [0, 0.1) is 0 Å². The van der Waals surface area contributed by atoms with Crippen molar-refractivity contribution in [3.05, 3.63) is 42.0 Å². The number of hydrogen-bond donors (Lipinski definition) is 1. The van der Waals surface area contributed by atoms with E-state index in [0.717, 1.165) is 36.6 Å². The van der Waals surface area contributed by atoms with Crippen molar-refractivity contribution in [3.8, 4) is 0 Å². The van der Waals surface area contributed by atoms with Crippen LogP contribution in [-0.4, -0.2) is 25.2 Å². The van der Waals surface area contributed by atoms with E-state index in [4.69, 9.17) is 13.6 Å². The molecule has 1 N–H and O–H groups in total. The first-order valence-electron chi connectivity index (χ1n) is 6.03. The van der Waals surface area contributed by atoms with Crippen LogP contribution in [0.3, 0.4) is 0 Å². The molecule has 0 atom stereocenters. The van der Waals surface area contributed by atoms with E-state index < -0.39 is 0 Å². The van der Waals surface area contributed by atoms with Gasteiger partial charge in [0.25, 0.3) is 0 Å². The Hall–Kier alpha value is -1.59. The van der Waals surface area contributed by atoms with Gasteiger partial charge in [0.05, 0.1) is 18.6 Å². The predicted octanol–water partition coefficient (Wildman–Crippen LogP) is 1.79. The van der Waals surface area contributed by atoms with Crippen LogP contribution >= 0.6 is 0 Å². The molecule has 5 nitrogen and oxygen atoms in total. The highest BCUT2D eigenvalue weighted by atomic mass is 16.5. The van der Waals surface area contributed by atoms with Gasteiger partial charge >= 0.3 is 0 Å². The summed E-state index contributed by atoms with van der Waals surface area (Å²) in [4.78, 5) is 4.21. The number of nitrogens with zero attached hydrogens (tertiary/aromatic N) is 1. The molecule has 0 aliphatic heterocycles. The van der Waals surface area contributed by atoms with E-state index in [0.29, 0.717) is 13.2 Å². The number of nitrogens with one attached hydrogen (secondary N) is 1. The molecular formula is C13H18N2O3. The fourth-order valence-corrected chi connectivity index (χ4v) is 1.71. The largest absolute Gasteiger partial charge is 0.469 e. The summed E-state index contributed by atoms with van der Waals surface area (Å²) in [5.41, 5.74) is 0.956. The second-order valence-electron chi connectivity index (χ2n) is 3.97. The van der Waals surface area contributed by atoms with E-state index in [1.807, 2.05) is 12.1 Å². The zero-order chi connectivity index (χ0) is 12.6. The Labute approximate surface area is 106 Å². The second kappa shape index (κ2) is 6.98. The molecule has 5 heteroatoms. The van der Waals surface area contributed by atoms with Crippen molar-refractivity contribution in [2.24, 2.45) is 0 Å². The summed E-state index contributed by atoms with van der Waals surface area (Å²) in [6.45, 7) is 2.20. The molecule has 98 valence electrons. The van der Waals surface area contributed by atoms with Crippen molar-refractivity contribution in [2.45, 2.75) is 19.4 Å². The summed E-state index contributed by atoms with van der Waals surface area (Å²) in [6.07, 6.45) is 4.80. The van der Waals surface area contributed by atoms with Crippen LogP contribution in [0.5, 0.6) is 0 Å². The zero-order valence-electron chi connectivity index (χ0n) is 10.5. The van der Waals surface area contributed by atoms with Gasteiger partial charge < -0.3 is 18.9 Å². The average molecular weight is 250 g/mol. The van der Waals surface area contributed by atoms with Crippen LogP contribution < -0.4 is 5.32 Å². The van der Waals surface area contributed by atoms with Crippen molar-refractivity contribution in [1.82, 2.24) is 10.3 Å². The van der Waals surface area contributed by atoms with Crippen LogP contribution in [0.25, 0.3) is 0 Å². The molecule has 0 aromatic carbocycles. The highest BCUT2D eigenvalue weighted by Gasteiger charge is 2.08. The maximum absolute atomic E-state index is 5.40. The quantitative estimate of drug-likeness (QED) is 0.724. The van der Waals surface area contributed by atoms with Gasteiger partial charge in [-0.05, 0) is 12.1 Å². The molecule has 2 aromatic rings. The lowest BCUT2D eigenvalue weighted by molar-refractivity contribution is 0.199. The molecule has 0 fully saturated rings. The topological polar surface area (TPSA) is 60.4 Å². The molecule has 0 amide bonds. The Morgan fingerprint density at radius 3 is 3.06 bits per heavy atom. The van der Waals surface area contributed by atoms with Crippen LogP contribution in [0.4, 0.5) is 0 Å². The molecule has 2 heterocycles. The smallest absolute Gasteiger partial charge is 0.181 e. The first-order chi connectivity index (χ1) is 8.90. The molecule has 0 radical (unpaired) electrons. The van der Waals surface area contributed by atoms with Crippen LogP contribution in [-0.2, 0) is 24.1 Å². The summed E-state index contributed by atoms with van der Waals surface area (Å²) in [5, 5.41) is 3.25. The van der Waals surface area contributed by atoms with Crippen molar-refractivity contribution < 1.29 is 13.6 Å². The molecule has 0 saturated heterocycles. The molecule has 0 bridgehead atoms. The molecule has 18 heavy (non-hydrogen) atoms. The minimum absolute atomic E-state index is 0.694. The fourth-order valence-electron chi connectivity index (χ4n) is 1.71. The van der Waals surface area contributed by atoms with Gasteiger partial charge in [0, 0.05) is 33.0 Å². The van der Waals surface area contributed by atoms with E-state index in [9.17, 15) is 0 Å². The fraction of sp³-hybridized carbons (Fsp3) is 0.462. The van der Waals surface area contributed by atoms with Gasteiger partial charge in [-0.3, -0.25) is 0 Å². The van der Waals surface area contributed by atoms with Gasteiger partial charge in [-0.15, -0.1) is 0 Å². The van der Waals surface area contributed by atoms with Gasteiger partial charge in [0.1, 0.15) is 11.5 Å². The third-order valence-corrected chi connectivity index (χ3v) is 2.68.